The first-order valence-electron chi connectivity index (χ1n) is 10.2. The molecule has 0 saturated carbocycles. The molecule has 29 heavy (non-hydrogen) atoms. The summed E-state index contributed by atoms with van der Waals surface area (Å²) in [5.41, 5.74) is 2.42. The zero-order valence-electron chi connectivity index (χ0n) is 16.7. The van der Waals surface area contributed by atoms with Gasteiger partial charge in [0.25, 0.3) is 5.91 Å². The number of hydrogen-bond donors (Lipinski definition) is 1. The Morgan fingerprint density at radius 3 is 2.62 bits per heavy atom. The summed E-state index contributed by atoms with van der Waals surface area (Å²) in [7, 11) is -3.51. The Bertz CT molecular complexity index is 964. The van der Waals surface area contributed by atoms with Crippen molar-refractivity contribution in [1.82, 2.24) is 9.21 Å². The topological polar surface area (TPSA) is 87.4 Å². The van der Waals surface area contributed by atoms with Gasteiger partial charge in [0, 0.05) is 26.2 Å². The highest BCUT2D eigenvalue weighted by Gasteiger charge is 2.31. The maximum Gasteiger partial charge on any atom is 0.277 e. The maximum atomic E-state index is 13.0. The third kappa shape index (κ3) is 4.24. The van der Waals surface area contributed by atoms with E-state index in [1.165, 1.54) is 9.87 Å². The second kappa shape index (κ2) is 8.30. The number of nitrogens with two attached hydrogens (primary N) is 1. The zero-order valence-corrected chi connectivity index (χ0v) is 17.5. The lowest BCUT2D eigenvalue weighted by Crippen LogP contribution is -2.87. The van der Waals surface area contributed by atoms with Crippen molar-refractivity contribution in [3.05, 3.63) is 53.5 Å². The average molecular weight is 419 g/mol. The number of carbonyl (C=O) groups is 1. The van der Waals surface area contributed by atoms with E-state index in [-0.39, 0.29) is 11.9 Å². The Morgan fingerprint density at radius 2 is 1.90 bits per heavy atom. The number of carbonyl (C=O) groups excluding carboxylic acids is 1. The number of sulfonamides is 1. The van der Waals surface area contributed by atoms with Crippen molar-refractivity contribution in [2.75, 3.05) is 32.7 Å². The summed E-state index contributed by atoms with van der Waals surface area (Å²) < 4.78 is 32.9. The van der Waals surface area contributed by atoms with Gasteiger partial charge in [0.05, 0.1) is 11.2 Å². The van der Waals surface area contributed by atoms with E-state index in [4.69, 9.17) is 4.42 Å². The van der Waals surface area contributed by atoms with Crippen LogP contribution in [0.15, 0.2) is 45.9 Å². The van der Waals surface area contributed by atoms with Crippen LogP contribution in [0.1, 0.15) is 36.3 Å². The van der Waals surface area contributed by atoms with E-state index >= 15 is 0 Å². The van der Waals surface area contributed by atoms with Crippen LogP contribution < -0.4 is 5.32 Å². The zero-order chi connectivity index (χ0) is 20.4. The average Bonchev–Trinajstić information content (AvgIpc) is 3.43. The Hall–Kier alpha value is -2.16. The van der Waals surface area contributed by atoms with Gasteiger partial charge >= 0.3 is 0 Å². The van der Waals surface area contributed by atoms with Crippen molar-refractivity contribution >= 4 is 15.9 Å². The Labute approximate surface area is 171 Å². The minimum absolute atomic E-state index is 0.0259. The van der Waals surface area contributed by atoms with Gasteiger partial charge in [0.15, 0.2) is 12.3 Å². The fourth-order valence-corrected chi connectivity index (χ4v) is 5.58. The molecule has 0 bridgehead atoms. The summed E-state index contributed by atoms with van der Waals surface area (Å²) in [5, 5.41) is 1.94. The van der Waals surface area contributed by atoms with Gasteiger partial charge < -0.3 is 14.6 Å². The fourth-order valence-electron chi connectivity index (χ4n) is 4.11. The minimum atomic E-state index is -3.51. The summed E-state index contributed by atoms with van der Waals surface area (Å²) >= 11 is 0. The van der Waals surface area contributed by atoms with Crippen molar-refractivity contribution in [3.8, 4) is 0 Å². The number of hydrogen-bond acceptors (Lipinski definition) is 4. The van der Waals surface area contributed by atoms with Crippen LogP contribution in [0.2, 0.25) is 0 Å². The van der Waals surface area contributed by atoms with Crippen molar-refractivity contribution in [2.24, 2.45) is 0 Å². The number of nitrogens with zero attached hydrogens (tertiary/aromatic N) is 2. The molecule has 7 nitrogen and oxygen atoms in total. The first-order valence-corrected chi connectivity index (χ1v) is 11.7. The SMILES string of the molecule is C[C@@H]([NH2+]CC(=O)N1CCN(S(=O)(=O)c2ccc3c(c2)CCC3)CC1)c1ccco1. The highest BCUT2D eigenvalue weighted by Crippen LogP contribution is 2.26. The monoisotopic (exact) mass is 418 g/mol. The molecule has 0 unspecified atom stereocenters. The van der Waals surface area contributed by atoms with Gasteiger partial charge in [-0.25, -0.2) is 8.42 Å². The second-order valence-electron chi connectivity index (χ2n) is 7.81. The number of fused-ring (bicyclic) bond motifs is 1. The maximum absolute atomic E-state index is 13.0. The number of piperazine rings is 1. The van der Waals surface area contributed by atoms with Gasteiger partial charge in [-0.3, -0.25) is 4.79 Å². The molecule has 1 aromatic carbocycles. The van der Waals surface area contributed by atoms with Crippen LogP contribution in [0.5, 0.6) is 0 Å². The Balaban J connectivity index is 1.32. The van der Waals surface area contributed by atoms with E-state index in [2.05, 4.69) is 0 Å². The van der Waals surface area contributed by atoms with Gasteiger partial charge in [-0.1, -0.05) is 6.07 Å². The van der Waals surface area contributed by atoms with Crippen molar-refractivity contribution in [2.45, 2.75) is 37.1 Å². The van der Waals surface area contributed by atoms with Gasteiger partial charge in [-0.15, -0.1) is 0 Å². The van der Waals surface area contributed by atoms with Crippen LogP contribution in [0.3, 0.4) is 0 Å². The number of amides is 1. The lowest BCUT2D eigenvalue weighted by atomic mass is 10.1. The molecule has 2 aromatic rings. The standard InChI is InChI=1S/C21H27N3O4S/c1-16(20-6-3-13-28-20)22-15-21(25)23-9-11-24(12-10-23)29(26,27)19-8-7-17-4-2-5-18(17)14-19/h3,6-8,13-14,16,22H,2,4-5,9-12,15H2,1H3/p+1/t16-/m1/s1. The molecule has 2 aliphatic rings. The first kappa shape index (κ1) is 20.1. The van der Waals surface area contributed by atoms with E-state index in [9.17, 15) is 13.2 Å². The lowest BCUT2D eigenvalue weighted by Gasteiger charge is -2.33. The molecule has 0 spiro atoms. The van der Waals surface area contributed by atoms with Crippen molar-refractivity contribution in [1.29, 1.82) is 0 Å². The van der Waals surface area contributed by atoms with E-state index in [0.29, 0.717) is 37.6 Å². The number of aryl methyl sites for hydroxylation is 2. The molecule has 1 aromatic heterocycles. The summed E-state index contributed by atoms with van der Waals surface area (Å²) in [5.74, 6) is 0.862. The molecule has 0 radical (unpaired) electrons. The number of furan rings is 1. The molecular formula is C21H28N3O4S+. The van der Waals surface area contributed by atoms with Gasteiger partial charge in [0.2, 0.25) is 10.0 Å². The third-order valence-electron chi connectivity index (χ3n) is 5.94. The summed E-state index contributed by atoms with van der Waals surface area (Å²) in [6.07, 6.45) is 4.71. The molecule has 156 valence electrons. The van der Waals surface area contributed by atoms with Crippen LogP contribution in [-0.4, -0.2) is 56.3 Å². The van der Waals surface area contributed by atoms with E-state index in [0.717, 1.165) is 30.6 Å². The third-order valence-corrected chi connectivity index (χ3v) is 7.83. The van der Waals surface area contributed by atoms with E-state index in [1.807, 2.05) is 36.5 Å². The quantitative estimate of drug-likeness (QED) is 0.756. The Morgan fingerprint density at radius 1 is 1.14 bits per heavy atom. The van der Waals surface area contributed by atoms with Crippen LogP contribution >= 0.6 is 0 Å². The van der Waals surface area contributed by atoms with E-state index in [1.54, 1.807) is 17.2 Å². The largest absolute Gasteiger partial charge is 0.463 e. The molecule has 1 fully saturated rings. The summed E-state index contributed by atoms with van der Waals surface area (Å²) in [6, 6.07) is 9.30. The smallest absolute Gasteiger partial charge is 0.277 e. The van der Waals surface area contributed by atoms with Crippen LogP contribution in [0.25, 0.3) is 0 Å². The first-order chi connectivity index (χ1) is 13.9. The Kier molecular flexibility index (Phi) is 5.76. The molecule has 2 N–H and O–H groups in total. The van der Waals surface area contributed by atoms with Gasteiger partial charge in [-0.2, -0.15) is 4.31 Å². The van der Waals surface area contributed by atoms with Crippen molar-refractivity contribution < 1.29 is 22.9 Å². The number of rotatable bonds is 6. The fraction of sp³-hybridized carbons (Fsp3) is 0.476. The minimum Gasteiger partial charge on any atom is -0.463 e. The molecule has 1 amide bonds. The molecule has 8 heteroatoms. The molecule has 1 aliphatic heterocycles. The number of benzene rings is 1. The molecule has 2 heterocycles. The van der Waals surface area contributed by atoms with Crippen molar-refractivity contribution in [3.63, 3.8) is 0 Å². The van der Waals surface area contributed by atoms with Crippen LogP contribution in [-0.2, 0) is 27.7 Å². The molecule has 4 rings (SSSR count). The summed E-state index contributed by atoms with van der Waals surface area (Å²) in [4.78, 5) is 14.6. The summed E-state index contributed by atoms with van der Waals surface area (Å²) in [6.45, 7) is 3.82. The lowest BCUT2D eigenvalue weighted by molar-refractivity contribution is -0.685. The predicted molar refractivity (Wildman–Crippen MR) is 108 cm³/mol. The molecule has 1 saturated heterocycles. The van der Waals surface area contributed by atoms with Gasteiger partial charge in [0.1, 0.15) is 6.04 Å². The molecular weight excluding hydrogens is 390 g/mol. The molecule has 1 aliphatic carbocycles. The van der Waals surface area contributed by atoms with Crippen LogP contribution in [0.4, 0.5) is 0 Å². The second-order valence-corrected chi connectivity index (χ2v) is 9.75. The predicted octanol–water partition coefficient (Wildman–Crippen LogP) is 0.926. The molecule has 1 atom stereocenters. The van der Waals surface area contributed by atoms with Gasteiger partial charge in [-0.05, 0) is 61.6 Å². The van der Waals surface area contributed by atoms with E-state index < -0.39 is 10.0 Å². The highest BCUT2D eigenvalue weighted by molar-refractivity contribution is 7.89. The van der Waals surface area contributed by atoms with Crippen LogP contribution in [0, 0.1) is 0 Å². The normalized spacial score (nSPS) is 18.6. The number of quaternary nitrogens is 1. The highest BCUT2D eigenvalue weighted by atomic mass is 32.2.